The minimum Gasteiger partial charge on any atom is -0.469 e. The number of hydrogen-bond acceptors (Lipinski definition) is 3. The average Bonchev–Trinajstić information content (AvgIpc) is 2.89. The van der Waals surface area contributed by atoms with Crippen molar-refractivity contribution in [3.63, 3.8) is 0 Å². The van der Waals surface area contributed by atoms with Crippen molar-refractivity contribution in [3.05, 3.63) is 71.2 Å². The Balaban J connectivity index is 1.97. The normalized spacial score (nSPS) is 23.8. The molecule has 2 aromatic rings. The van der Waals surface area contributed by atoms with Crippen LogP contribution in [0.4, 0.5) is 0 Å². The number of hydrogen-bond donors (Lipinski definition) is 0. The van der Waals surface area contributed by atoms with Gasteiger partial charge < -0.3 is 9.15 Å². The Morgan fingerprint density at radius 1 is 1.24 bits per heavy atom. The summed E-state index contributed by atoms with van der Waals surface area (Å²) in [6.07, 6.45) is 4.63. The molecule has 1 aromatic heterocycles. The van der Waals surface area contributed by atoms with Gasteiger partial charge in [0.2, 0.25) is 0 Å². The fourth-order valence-corrected chi connectivity index (χ4v) is 4.17. The maximum Gasteiger partial charge on any atom is 0.317 e. The second-order valence-electron chi connectivity index (χ2n) is 7.71. The maximum atomic E-state index is 12.8. The highest BCUT2D eigenvalue weighted by Gasteiger charge is 2.76. The summed E-state index contributed by atoms with van der Waals surface area (Å²) in [5.41, 5.74) is 2.43. The van der Waals surface area contributed by atoms with Crippen molar-refractivity contribution < 1.29 is 13.9 Å². The van der Waals surface area contributed by atoms with E-state index in [1.165, 1.54) is 18.2 Å². The van der Waals surface area contributed by atoms with Crippen molar-refractivity contribution in [3.8, 4) is 0 Å². The van der Waals surface area contributed by atoms with E-state index in [2.05, 4.69) is 45.9 Å². The fourth-order valence-electron chi connectivity index (χ4n) is 4.17. The molecule has 1 aliphatic carbocycles. The predicted molar refractivity (Wildman–Crippen MR) is 98.4 cm³/mol. The van der Waals surface area contributed by atoms with Crippen LogP contribution in [-0.4, -0.2) is 13.1 Å². The van der Waals surface area contributed by atoms with Crippen LogP contribution in [0.1, 0.15) is 44.6 Å². The van der Waals surface area contributed by atoms with Gasteiger partial charge in [-0.2, -0.15) is 0 Å². The fraction of sp³-hybridized carbons (Fsp3) is 0.409. The molecule has 0 bridgehead atoms. The van der Waals surface area contributed by atoms with Gasteiger partial charge in [0.05, 0.1) is 13.4 Å². The van der Waals surface area contributed by atoms with E-state index < -0.39 is 5.41 Å². The first-order valence-electron chi connectivity index (χ1n) is 8.69. The molecule has 0 saturated heterocycles. The summed E-state index contributed by atoms with van der Waals surface area (Å²) in [5, 5.41) is 0. The molecule has 2 atom stereocenters. The maximum absolute atomic E-state index is 12.8. The van der Waals surface area contributed by atoms with Gasteiger partial charge in [0.25, 0.3) is 0 Å². The summed E-state index contributed by atoms with van der Waals surface area (Å²) in [5.74, 6) is 0.787. The van der Waals surface area contributed by atoms with E-state index in [-0.39, 0.29) is 17.3 Å². The lowest BCUT2D eigenvalue weighted by Crippen LogP contribution is -2.27. The lowest BCUT2D eigenvalue weighted by atomic mass is 9.89. The summed E-state index contributed by atoms with van der Waals surface area (Å²) in [4.78, 5) is 12.8. The van der Waals surface area contributed by atoms with Gasteiger partial charge in [-0.25, -0.2) is 0 Å². The third kappa shape index (κ3) is 2.72. The molecular formula is C22H26O3. The van der Waals surface area contributed by atoms with Crippen LogP contribution in [0, 0.1) is 11.3 Å². The van der Waals surface area contributed by atoms with Gasteiger partial charge in [-0.15, -0.1) is 0 Å². The number of carbonyl (C=O) groups is 1. The molecule has 0 amide bonds. The molecule has 0 spiro atoms. The van der Waals surface area contributed by atoms with E-state index in [9.17, 15) is 4.79 Å². The monoisotopic (exact) mass is 338 g/mol. The third-order valence-electron chi connectivity index (χ3n) is 5.51. The van der Waals surface area contributed by atoms with Crippen LogP contribution >= 0.6 is 0 Å². The minimum atomic E-state index is -0.669. The molecule has 1 saturated carbocycles. The molecule has 25 heavy (non-hydrogen) atoms. The van der Waals surface area contributed by atoms with Crippen LogP contribution in [0.25, 0.3) is 0 Å². The van der Waals surface area contributed by atoms with E-state index in [1.54, 1.807) is 6.26 Å². The Morgan fingerprint density at radius 3 is 2.52 bits per heavy atom. The van der Waals surface area contributed by atoms with Gasteiger partial charge in [0.15, 0.2) is 0 Å². The Kier molecular flexibility index (Phi) is 4.36. The quantitative estimate of drug-likeness (QED) is 0.575. The van der Waals surface area contributed by atoms with Crippen molar-refractivity contribution in [2.75, 3.05) is 7.11 Å². The van der Waals surface area contributed by atoms with Gasteiger partial charge >= 0.3 is 5.97 Å². The molecule has 3 heteroatoms. The molecule has 0 unspecified atom stereocenters. The van der Waals surface area contributed by atoms with Crippen LogP contribution in [0.2, 0.25) is 0 Å². The lowest BCUT2D eigenvalue weighted by Gasteiger charge is -2.16. The summed E-state index contributed by atoms with van der Waals surface area (Å²) in [6, 6.07) is 12.2. The molecule has 1 aromatic carbocycles. The van der Waals surface area contributed by atoms with E-state index >= 15 is 0 Å². The molecule has 132 valence electrons. The zero-order valence-corrected chi connectivity index (χ0v) is 15.6. The number of furan rings is 1. The van der Waals surface area contributed by atoms with Crippen molar-refractivity contribution >= 4 is 5.97 Å². The van der Waals surface area contributed by atoms with Crippen molar-refractivity contribution in [1.82, 2.24) is 0 Å². The molecule has 1 aliphatic rings. The van der Waals surface area contributed by atoms with Gasteiger partial charge in [0.1, 0.15) is 11.2 Å². The Bertz CT molecular complexity index is 794. The summed E-state index contributed by atoms with van der Waals surface area (Å²) < 4.78 is 11.0. The summed E-state index contributed by atoms with van der Waals surface area (Å²) in [7, 11) is 1.46. The average molecular weight is 338 g/mol. The number of allylic oxidation sites excluding steroid dienone is 2. The molecule has 3 rings (SSSR count). The molecule has 0 N–H and O–H groups in total. The first-order chi connectivity index (χ1) is 11.8. The predicted octanol–water partition coefficient (Wildman–Crippen LogP) is 4.90. The van der Waals surface area contributed by atoms with Gasteiger partial charge in [0, 0.05) is 17.9 Å². The van der Waals surface area contributed by atoms with Crippen LogP contribution in [0.5, 0.6) is 0 Å². The first kappa shape index (κ1) is 17.5. The number of benzene rings is 1. The van der Waals surface area contributed by atoms with E-state index in [4.69, 9.17) is 9.15 Å². The number of methoxy groups -OCH3 is 1. The Hall–Kier alpha value is -2.29. The summed E-state index contributed by atoms with van der Waals surface area (Å²) >= 11 is 0. The van der Waals surface area contributed by atoms with Crippen molar-refractivity contribution in [2.45, 2.75) is 39.5 Å². The number of rotatable bonds is 5. The number of esters is 1. The van der Waals surface area contributed by atoms with Crippen LogP contribution < -0.4 is 0 Å². The summed E-state index contributed by atoms with van der Waals surface area (Å²) in [6.45, 7) is 8.37. The molecule has 3 nitrogen and oxygen atoms in total. The van der Waals surface area contributed by atoms with Gasteiger partial charge in [-0.1, -0.05) is 55.8 Å². The number of ether oxygens (including phenoxy) is 1. The third-order valence-corrected chi connectivity index (χ3v) is 5.51. The number of carbonyl (C=O) groups excluding carboxylic acids is 1. The van der Waals surface area contributed by atoms with E-state index in [1.807, 2.05) is 24.3 Å². The second-order valence-corrected chi connectivity index (χ2v) is 7.71. The zero-order chi connectivity index (χ0) is 18.2. The second kappa shape index (κ2) is 6.21. The largest absolute Gasteiger partial charge is 0.469 e. The first-order valence-corrected chi connectivity index (χ1v) is 8.69. The smallest absolute Gasteiger partial charge is 0.317 e. The van der Waals surface area contributed by atoms with Gasteiger partial charge in [-0.3, -0.25) is 4.79 Å². The van der Waals surface area contributed by atoms with E-state index in [0.717, 1.165) is 11.3 Å². The molecule has 1 fully saturated rings. The minimum absolute atomic E-state index is 0.111. The SMILES string of the molecule is COC(=O)[C@@]1(c2coc(Cc3ccccc3)c2)[C@@H](C=C(C)C)C1(C)C. The van der Waals surface area contributed by atoms with Crippen molar-refractivity contribution in [1.29, 1.82) is 0 Å². The molecular weight excluding hydrogens is 312 g/mol. The highest BCUT2D eigenvalue weighted by Crippen LogP contribution is 2.71. The highest BCUT2D eigenvalue weighted by molar-refractivity contribution is 5.90. The molecule has 0 radical (unpaired) electrons. The van der Waals surface area contributed by atoms with E-state index in [0.29, 0.717) is 6.42 Å². The van der Waals surface area contributed by atoms with Gasteiger partial charge in [-0.05, 0) is 30.9 Å². The lowest BCUT2D eigenvalue weighted by molar-refractivity contribution is -0.145. The van der Waals surface area contributed by atoms with Crippen molar-refractivity contribution in [2.24, 2.45) is 11.3 Å². The van der Waals surface area contributed by atoms with Crippen LogP contribution in [-0.2, 0) is 21.4 Å². The standard InChI is InChI=1S/C22H26O3/c1-15(2)11-19-21(3,4)22(19,20(23)24-5)17-13-18(25-14-17)12-16-9-7-6-8-10-16/h6-11,13-14,19H,12H2,1-5H3/t19-,22+/m0/s1. The van der Waals surface area contributed by atoms with Crippen LogP contribution in [0.3, 0.4) is 0 Å². The van der Waals surface area contributed by atoms with Crippen LogP contribution in [0.15, 0.2) is 58.7 Å². The zero-order valence-electron chi connectivity index (χ0n) is 15.6. The Labute approximate surface area is 149 Å². The highest BCUT2D eigenvalue weighted by atomic mass is 16.5. The Morgan fingerprint density at radius 2 is 1.92 bits per heavy atom. The molecule has 1 heterocycles. The topological polar surface area (TPSA) is 39.4 Å². The molecule has 0 aliphatic heterocycles.